The lowest BCUT2D eigenvalue weighted by molar-refractivity contribution is 0.330. The first-order valence-corrected chi connectivity index (χ1v) is 9.40. The van der Waals surface area contributed by atoms with Crippen molar-refractivity contribution in [1.82, 2.24) is 24.8 Å². The smallest absolute Gasteiger partial charge is 0.128 e. The first kappa shape index (κ1) is 16.7. The Balaban J connectivity index is 1.36. The lowest BCUT2D eigenvalue weighted by Crippen LogP contribution is -2.19. The molecule has 1 atom stereocenters. The van der Waals surface area contributed by atoms with Gasteiger partial charge in [0, 0.05) is 18.3 Å². The molecule has 28 heavy (non-hydrogen) atoms. The number of likely N-dealkylation sites (N-methyl/N-ethyl adjacent to an activating group) is 1. The summed E-state index contributed by atoms with van der Waals surface area (Å²) in [5, 5.41) is 0. The summed E-state index contributed by atoms with van der Waals surface area (Å²) in [5.74, 6) is 0.990. The molecule has 0 amide bonds. The molecular formula is C23H21N5. The minimum atomic E-state index is 0.237. The first-order chi connectivity index (χ1) is 13.8. The van der Waals surface area contributed by atoms with E-state index in [1.54, 1.807) is 6.33 Å². The number of benzene rings is 2. The van der Waals surface area contributed by atoms with Gasteiger partial charge in [-0.1, -0.05) is 60.7 Å². The molecule has 2 aromatic carbocycles. The van der Waals surface area contributed by atoms with Gasteiger partial charge >= 0.3 is 0 Å². The van der Waals surface area contributed by atoms with Gasteiger partial charge in [0.15, 0.2) is 0 Å². The number of nitrogens with zero attached hydrogens (tertiary/aromatic N) is 3. The van der Waals surface area contributed by atoms with Crippen LogP contribution in [0, 0.1) is 0 Å². The maximum Gasteiger partial charge on any atom is 0.128 e. The number of hydrogen-bond donors (Lipinski definition) is 2. The highest BCUT2D eigenvalue weighted by Gasteiger charge is 2.20. The number of imidazole rings is 2. The largest absolute Gasteiger partial charge is 0.346 e. The van der Waals surface area contributed by atoms with Crippen LogP contribution in [0.5, 0.6) is 0 Å². The molecule has 0 saturated carbocycles. The topological polar surface area (TPSA) is 60.6 Å². The Kier molecular flexibility index (Phi) is 4.14. The molecule has 2 aromatic heterocycles. The number of nitrogens with one attached hydrogen (secondary N) is 2. The van der Waals surface area contributed by atoms with E-state index in [9.17, 15) is 0 Å². The van der Waals surface area contributed by atoms with Crippen LogP contribution in [-0.4, -0.2) is 38.4 Å². The molecule has 0 bridgehead atoms. The summed E-state index contributed by atoms with van der Waals surface area (Å²) >= 11 is 0. The predicted octanol–water partition coefficient (Wildman–Crippen LogP) is 4.68. The van der Waals surface area contributed by atoms with Gasteiger partial charge in [-0.2, -0.15) is 0 Å². The zero-order valence-electron chi connectivity index (χ0n) is 15.6. The van der Waals surface area contributed by atoms with Crippen LogP contribution in [0.25, 0.3) is 33.6 Å². The zero-order chi connectivity index (χ0) is 18.9. The van der Waals surface area contributed by atoms with Crippen molar-refractivity contribution < 1.29 is 0 Å². The minimum Gasteiger partial charge on any atom is -0.346 e. The summed E-state index contributed by atoms with van der Waals surface area (Å²) in [4.78, 5) is 17.6. The molecule has 0 aliphatic carbocycles. The highest BCUT2D eigenvalue weighted by atomic mass is 15.2. The minimum absolute atomic E-state index is 0.237. The van der Waals surface area contributed by atoms with Crippen molar-refractivity contribution in [3.63, 3.8) is 0 Å². The summed E-state index contributed by atoms with van der Waals surface area (Å²) in [6, 6.07) is 17.3. The standard InChI is InChI=1S/C23H21N5/c1-28-12-2-3-22(28)23-25-14-21(27-23)19-10-6-17(7-11-19)16-4-8-18(9-5-16)20-13-24-15-26-20/h2-11,13-15,22H,12H2,1H3,(H,24,26)(H,25,27). The lowest BCUT2D eigenvalue weighted by atomic mass is 10.0. The highest BCUT2D eigenvalue weighted by Crippen LogP contribution is 2.28. The SMILES string of the molecule is CN1CC=CC1c1nc(-c2ccc(-c3ccc(-c4cnc[nH]4)cc3)cc2)c[nH]1. The van der Waals surface area contributed by atoms with Gasteiger partial charge in [0.2, 0.25) is 0 Å². The molecule has 0 spiro atoms. The Labute approximate surface area is 163 Å². The first-order valence-electron chi connectivity index (χ1n) is 9.40. The Bertz CT molecular complexity index is 1090. The van der Waals surface area contributed by atoms with E-state index >= 15 is 0 Å². The molecule has 2 N–H and O–H groups in total. The zero-order valence-corrected chi connectivity index (χ0v) is 15.6. The second-order valence-corrected chi connectivity index (χ2v) is 7.10. The van der Waals surface area contributed by atoms with E-state index in [-0.39, 0.29) is 6.04 Å². The van der Waals surface area contributed by atoms with Gasteiger partial charge in [-0.25, -0.2) is 9.97 Å². The number of H-pyrrole nitrogens is 2. The van der Waals surface area contributed by atoms with Crippen LogP contribution in [0.1, 0.15) is 11.9 Å². The number of hydrogen-bond acceptors (Lipinski definition) is 3. The molecule has 1 unspecified atom stereocenters. The third-order valence-electron chi connectivity index (χ3n) is 5.27. The molecule has 138 valence electrons. The Hall–Kier alpha value is -3.44. The van der Waals surface area contributed by atoms with Gasteiger partial charge in [0.25, 0.3) is 0 Å². The van der Waals surface area contributed by atoms with Gasteiger partial charge in [-0.05, 0) is 23.7 Å². The highest BCUT2D eigenvalue weighted by molar-refractivity contribution is 5.71. The fraction of sp³-hybridized carbons (Fsp3) is 0.130. The molecule has 0 saturated heterocycles. The second-order valence-electron chi connectivity index (χ2n) is 7.10. The van der Waals surface area contributed by atoms with E-state index in [0.717, 1.165) is 34.9 Å². The van der Waals surface area contributed by atoms with Crippen molar-refractivity contribution in [3.05, 3.63) is 85.2 Å². The molecular weight excluding hydrogens is 346 g/mol. The fourth-order valence-electron chi connectivity index (χ4n) is 3.64. The number of rotatable bonds is 4. The third kappa shape index (κ3) is 3.06. The molecule has 0 radical (unpaired) electrons. The van der Waals surface area contributed by atoms with Crippen LogP contribution in [0.3, 0.4) is 0 Å². The Morgan fingerprint density at radius 3 is 2.18 bits per heavy atom. The van der Waals surface area contributed by atoms with Crippen molar-refractivity contribution in [2.45, 2.75) is 6.04 Å². The summed E-state index contributed by atoms with van der Waals surface area (Å²) in [5.41, 5.74) is 6.63. The summed E-state index contributed by atoms with van der Waals surface area (Å²) < 4.78 is 0. The average Bonchev–Trinajstić information content (AvgIpc) is 3.50. The van der Waals surface area contributed by atoms with E-state index in [4.69, 9.17) is 4.98 Å². The Morgan fingerprint density at radius 1 is 0.893 bits per heavy atom. The van der Waals surface area contributed by atoms with E-state index in [1.165, 1.54) is 11.1 Å². The van der Waals surface area contributed by atoms with Gasteiger partial charge in [-0.3, -0.25) is 4.90 Å². The molecule has 1 aliphatic heterocycles. The van der Waals surface area contributed by atoms with Crippen molar-refractivity contribution in [3.8, 4) is 33.6 Å². The maximum atomic E-state index is 4.80. The number of aromatic nitrogens is 4. The van der Waals surface area contributed by atoms with Crippen molar-refractivity contribution in [2.24, 2.45) is 0 Å². The van der Waals surface area contributed by atoms with Crippen LogP contribution in [-0.2, 0) is 0 Å². The van der Waals surface area contributed by atoms with E-state index < -0.39 is 0 Å². The molecule has 5 rings (SSSR count). The summed E-state index contributed by atoms with van der Waals surface area (Å²) in [6.45, 7) is 0.967. The molecule has 0 fully saturated rings. The quantitative estimate of drug-likeness (QED) is 0.515. The third-order valence-corrected chi connectivity index (χ3v) is 5.27. The van der Waals surface area contributed by atoms with Crippen molar-refractivity contribution in [1.29, 1.82) is 0 Å². The monoisotopic (exact) mass is 367 g/mol. The predicted molar refractivity (Wildman–Crippen MR) is 112 cm³/mol. The molecule has 5 heteroatoms. The van der Waals surface area contributed by atoms with Gasteiger partial charge in [0.1, 0.15) is 5.82 Å². The van der Waals surface area contributed by atoms with Gasteiger partial charge in [0.05, 0.1) is 30.0 Å². The Morgan fingerprint density at radius 2 is 1.57 bits per heavy atom. The maximum absolute atomic E-state index is 4.80. The molecule has 1 aliphatic rings. The molecule has 3 heterocycles. The number of aromatic amines is 2. The van der Waals surface area contributed by atoms with Crippen LogP contribution in [0.4, 0.5) is 0 Å². The normalized spacial score (nSPS) is 16.7. The van der Waals surface area contributed by atoms with E-state index in [0.29, 0.717) is 0 Å². The molecule has 5 nitrogen and oxygen atoms in total. The average molecular weight is 367 g/mol. The van der Waals surface area contributed by atoms with Crippen LogP contribution < -0.4 is 0 Å². The summed E-state index contributed by atoms with van der Waals surface area (Å²) in [7, 11) is 2.11. The van der Waals surface area contributed by atoms with Crippen LogP contribution in [0.15, 0.2) is 79.4 Å². The van der Waals surface area contributed by atoms with Gasteiger partial charge < -0.3 is 9.97 Å². The van der Waals surface area contributed by atoms with Crippen molar-refractivity contribution >= 4 is 0 Å². The van der Waals surface area contributed by atoms with Gasteiger partial charge in [-0.15, -0.1) is 0 Å². The lowest BCUT2D eigenvalue weighted by Gasteiger charge is -2.16. The van der Waals surface area contributed by atoms with Crippen LogP contribution in [0.2, 0.25) is 0 Å². The fourth-order valence-corrected chi connectivity index (χ4v) is 3.64. The van der Waals surface area contributed by atoms with E-state index in [1.807, 2.05) is 12.4 Å². The van der Waals surface area contributed by atoms with Crippen LogP contribution >= 0.6 is 0 Å². The van der Waals surface area contributed by atoms with Crippen molar-refractivity contribution in [2.75, 3.05) is 13.6 Å². The molecule has 4 aromatic rings. The second kappa shape index (κ2) is 6.94. The summed E-state index contributed by atoms with van der Waals surface area (Å²) in [6.07, 6.45) is 9.89. The van der Waals surface area contributed by atoms with E-state index in [2.05, 4.69) is 87.6 Å².